The van der Waals surface area contributed by atoms with E-state index in [2.05, 4.69) is 11.4 Å². The lowest BCUT2D eigenvalue weighted by Gasteiger charge is -2.11. The highest BCUT2D eigenvalue weighted by Gasteiger charge is 2.23. The molecule has 2 aromatic heterocycles. The predicted octanol–water partition coefficient (Wildman–Crippen LogP) is 2.61. The van der Waals surface area contributed by atoms with Crippen molar-refractivity contribution in [2.75, 3.05) is 6.54 Å². The zero-order valence-corrected chi connectivity index (χ0v) is 17.9. The van der Waals surface area contributed by atoms with Gasteiger partial charge < -0.3 is 24.1 Å². The van der Waals surface area contributed by atoms with Gasteiger partial charge in [-0.2, -0.15) is 0 Å². The Morgan fingerprint density at radius 1 is 1.03 bits per heavy atom. The van der Waals surface area contributed by atoms with Crippen molar-refractivity contribution < 1.29 is 23.5 Å². The molecule has 4 rings (SSSR count). The standard InChI is InChI=1S/C24H27NO6/c1-13-15(9-10-20(26)25-11-5-8-21(27)28)24(29)31-22-14(2)23-18(12-17(13)22)16-6-3-4-7-19(16)30-23/h12H,3-11H2,1-2H3,(H,25,26)(H,27,28)/p-1. The molecular formula is C24H26NO6-. The Morgan fingerprint density at radius 2 is 1.77 bits per heavy atom. The molecule has 0 bridgehead atoms. The van der Waals surface area contributed by atoms with Crippen LogP contribution in [0.15, 0.2) is 19.7 Å². The summed E-state index contributed by atoms with van der Waals surface area (Å²) in [5.41, 5.74) is 4.31. The lowest BCUT2D eigenvalue weighted by atomic mass is 9.93. The van der Waals surface area contributed by atoms with Gasteiger partial charge in [-0.05, 0) is 64.0 Å². The Balaban J connectivity index is 1.61. The predicted molar refractivity (Wildman–Crippen MR) is 114 cm³/mol. The van der Waals surface area contributed by atoms with E-state index >= 15 is 0 Å². The molecule has 7 nitrogen and oxygen atoms in total. The van der Waals surface area contributed by atoms with Crippen LogP contribution >= 0.6 is 0 Å². The van der Waals surface area contributed by atoms with Gasteiger partial charge in [0.05, 0.1) is 0 Å². The maximum absolute atomic E-state index is 12.7. The smallest absolute Gasteiger partial charge is 0.339 e. The van der Waals surface area contributed by atoms with Crippen molar-refractivity contribution in [2.45, 2.75) is 65.2 Å². The van der Waals surface area contributed by atoms with Crippen LogP contribution in [0, 0.1) is 13.8 Å². The summed E-state index contributed by atoms with van der Waals surface area (Å²) in [7, 11) is 0. The van der Waals surface area contributed by atoms with Crippen LogP contribution in [-0.4, -0.2) is 18.4 Å². The van der Waals surface area contributed by atoms with E-state index in [1.807, 2.05) is 13.8 Å². The van der Waals surface area contributed by atoms with E-state index in [0.717, 1.165) is 58.9 Å². The summed E-state index contributed by atoms with van der Waals surface area (Å²) in [5.74, 6) is -0.329. The van der Waals surface area contributed by atoms with E-state index in [1.54, 1.807) is 0 Å². The minimum absolute atomic E-state index is 0.0980. The first-order valence-corrected chi connectivity index (χ1v) is 10.8. The van der Waals surface area contributed by atoms with Crippen LogP contribution in [0.25, 0.3) is 21.9 Å². The first kappa shape index (κ1) is 21.2. The monoisotopic (exact) mass is 424 g/mol. The molecule has 0 radical (unpaired) electrons. The van der Waals surface area contributed by atoms with Crippen LogP contribution in [0.3, 0.4) is 0 Å². The number of furan rings is 1. The average molecular weight is 424 g/mol. The zero-order valence-electron chi connectivity index (χ0n) is 17.9. The summed E-state index contributed by atoms with van der Waals surface area (Å²) < 4.78 is 11.8. The van der Waals surface area contributed by atoms with Crippen molar-refractivity contribution in [1.82, 2.24) is 5.32 Å². The SMILES string of the molecule is Cc1c(CCC(=O)NCCCC(=O)[O-])c(=O)oc2c(C)c3oc4c(c3cc12)CCCC4. The van der Waals surface area contributed by atoms with Gasteiger partial charge in [0.2, 0.25) is 5.91 Å². The number of fused-ring (bicyclic) bond motifs is 4. The average Bonchev–Trinajstić information content (AvgIpc) is 3.11. The molecule has 0 aliphatic heterocycles. The number of carbonyl (C=O) groups excluding carboxylic acids is 2. The number of nitrogens with one attached hydrogen (secondary N) is 1. The van der Waals surface area contributed by atoms with Crippen LogP contribution < -0.4 is 16.0 Å². The second-order valence-electron chi connectivity index (χ2n) is 8.28. The van der Waals surface area contributed by atoms with Gasteiger partial charge in [0.1, 0.15) is 16.9 Å². The largest absolute Gasteiger partial charge is 0.550 e. The van der Waals surface area contributed by atoms with Crippen molar-refractivity contribution in [3.8, 4) is 0 Å². The summed E-state index contributed by atoms with van der Waals surface area (Å²) in [5, 5.41) is 15.1. The van der Waals surface area contributed by atoms with E-state index in [4.69, 9.17) is 8.83 Å². The van der Waals surface area contributed by atoms with Gasteiger partial charge in [-0.1, -0.05) is 0 Å². The van der Waals surface area contributed by atoms with Crippen LogP contribution in [0.2, 0.25) is 0 Å². The Hall–Kier alpha value is -3.09. The number of carboxylic acid groups (broad SMARTS) is 1. The molecule has 1 aliphatic carbocycles. The highest BCUT2D eigenvalue weighted by molar-refractivity contribution is 6.00. The molecule has 31 heavy (non-hydrogen) atoms. The normalized spacial score (nSPS) is 13.5. The quantitative estimate of drug-likeness (QED) is 0.461. The van der Waals surface area contributed by atoms with E-state index in [-0.39, 0.29) is 31.7 Å². The second-order valence-corrected chi connectivity index (χ2v) is 8.28. The van der Waals surface area contributed by atoms with Gasteiger partial charge in [0, 0.05) is 52.8 Å². The summed E-state index contributed by atoms with van der Waals surface area (Å²) in [4.78, 5) is 35.2. The molecule has 1 amide bonds. The summed E-state index contributed by atoms with van der Waals surface area (Å²) in [6, 6.07) is 2.06. The van der Waals surface area contributed by atoms with Gasteiger partial charge in [0.15, 0.2) is 0 Å². The molecule has 1 N–H and O–H groups in total. The Labute approximate surface area is 179 Å². The lowest BCUT2D eigenvalue weighted by Crippen LogP contribution is -2.28. The Bertz CT molecular complexity index is 1230. The molecule has 1 aliphatic rings. The number of amides is 1. The number of hydrogen-bond donors (Lipinski definition) is 1. The van der Waals surface area contributed by atoms with E-state index < -0.39 is 11.6 Å². The van der Waals surface area contributed by atoms with Crippen LogP contribution in [0.5, 0.6) is 0 Å². The molecule has 0 unspecified atom stereocenters. The number of hydrogen-bond acceptors (Lipinski definition) is 6. The number of rotatable bonds is 7. The molecule has 0 atom stereocenters. The third-order valence-corrected chi connectivity index (χ3v) is 6.21. The van der Waals surface area contributed by atoms with Crippen molar-refractivity contribution in [1.29, 1.82) is 0 Å². The first-order chi connectivity index (χ1) is 14.9. The van der Waals surface area contributed by atoms with E-state index in [0.29, 0.717) is 17.6 Å². The van der Waals surface area contributed by atoms with Crippen LogP contribution in [-0.2, 0) is 28.9 Å². The number of benzene rings is 1. The van der Waals surface area contributed by atoms with E-state index in [1.165, 1.54) is 5.56 Å². The number of aliphatic carboxylic acids is 1. The highest BCUT2D eigenvalue weighted by atomic mass is 16.4. The topological polar surface area (TPSA) is 113 Å². The molecule has 3 aromatic rings. The lowest BCUT2D eigenvalue weighted by molar-refractivity contribution is -0.305. The molecule has 0 saturated carbocycles. The van der Waals surface area contributed by atoms with E-state index in [9.17, 15) is 19.5 Å². The highest BCUT2D eigenvalue weighted by Crippen LogP contribution is 2.37. The van der Waals surface area contributed by atoms with Crippen LogP contribution in [0.1, 0.15) is 60.1 Å². The minimum Gasteiger partial charge on any atom is -0.550 e. The zero-order chi connectivity index (χ0) is 22.1. The van der Waals surface area contributed by atoms with Crippen molar-refractivity contribution >= 4 is 33.8 Å². The number of carboxylic acids is 1. The molecule has 0 fully saturated rings. The molecule has 1 aromatic carbocycles. The number of carbonyl (C=O) groups is 2. The van der Waals surface area contributed by atoms with Gasteiger partial charge >= 0.3 is 5.63 Å². The van der Waals surface area contributed by atoms with Crippen LogP contribution in [0.4, 0.5) is 0 Å². The van der Waals surface area contributed by atoms with Crippen molar-refractivity contribution in [3.63, 3.8) is 0 Å². The van der Waals surface area contributed by atoms with Crippen molar-refractivity contribution in [3.05, 3.63) is 44.5 Å². The van der Waals surface area contributed by atoms with Gasteiger partial charge in [-0.15, -0.1) is 0 Å². The Morgan fingerprint density at radius 3 is 2.55 bits per heavy atom. The number of aryl methyl sites for hydroxylation is 4. The third kappa shape index (κ3) is 4.09. The van der Waals surface area contributed by atoms with Gasteiger partial charge in [-0.25, -0.2) is 4.79 Å². The molecule has 2 heterocycles. The summed E-state index contributed by atoms with van der Waals surface area (Å²) in [6.07, 6.45) is 4.81. The second kappa shape index (κ2) is 8.57. The molecule has 0 saturated heterocycles. The molecule has 7 heteroatoms. The maximum Gasteiger partial charge on any atom is 0.339 e. The van der Waals surface area contributed by atoms with Crippen molar-refractivity contribution in [2.24, 2.45) is 0 Å². The van der Waals surface area contributed by atoms with Gasteiger partial charge in [-0.3, -0.25) is 4.79 Å². The first-order valence-electron chi connectivity index (χ1n) is 10.8. The maximum atomic E-state index is 12.7. The van der Waals surface area contributed by atoms with Gasteiger partial charge in [0.25, 0.3) is 0 Å². The molecular weight excluding hydrogens is 398 g/mol. The Kier molecular flexibility index (Phi) is 5.85. The fourth-order valence-electron chi connectivity index (χ4n) is 4.49. The molecule has 0 spiro atoms. The summed E-state index contributed by atoms with van der Waals surface area (Å²) in [6.45, 7) is 4.08. The summed E-state index contributed by atoms with van der Waals surface area (Å²) >= 11 is 0. The fourth-order valence-corrected chi connectivity index (χ4v) is 4.49. The third-order valence-electron chi connectivity index (χ3n) is 6.21. The minimum atomic E-state index is -1.14. The molecule has 164 valence electrons. The fraction of sp³-hybridized carbons (Fsp3) is 0.458.